The highest BCUT2D eigenvalue weighted by Crippen LogP contribution is 2.11. The molecule has 1 atom stereocenters. The Morgan fingerprint density at radius 3 is 2.44 bits per heavy atom. The fourth-order valence-electron chi connectivity index (χ4n) is 1.62. The first-order chi connectivity index (χ1) is 8.54. The summed E-state index contributed by atoms with van der Waals surface area (Å²) in [7, 11) is 5.21. The highest BCUT2D eigenvalue weighted by molar-refractivity contribution is 5.94. The molecule has 1 aromatic rings. The van der Waals surface area contributed by atoms with Crippen molar-refractivity contribution in [3.05, 3.63) is 29.8 Å². The number of methoxy groups -OCH3 is 1. The Labute approximate surface area is 109 Å². The number of anilines is 1. The second-order valence-corrected chi connectivity index (χ2v) is 4.72. The standard InChI is InChI=1S/C14H22N2O2/c1-11(10-18-4)9-15-13-7-5-12(6-8-13)14(17)16(2)3/h5-8,11,15H,9-10H2,1-4H3. The molecule has 0 saturated carbocycles. The van der Waals surface area contributed by atoms with Crippen LogP contribution in [0.5, 0.6) is 0 Å². The summed E-state index contributed by atoms with van der Waals surface area (Å²) in [4.78, 5) is 13.3. The Kier molecular flexibility index (Phi) is 5.65. The number of hydrogen-bond acceptors (Lipinski definition) is 3. The molecule has 0 radical (unpaired) electrons. The Hall–Kier alpha value is -1.55. The first kappa shape index (κ1) is 14.5. The molecule has 0 aliphatic heterocycles. The van der Waals surface area contributed by atoms with E-state index in [1.165, 1.54) is 0 Å². The topological polar surface area (TPSA) is 41.6 Å². The molecule has 0 saturated heterocycles. The maximum atomic E-state index is 11.7. The lowest BCUT2D eigenvalue weighted by molar-refractivity contribution is 0.0827. The van der Waals surface area contributed by atoms with Gasteiger partial charge < -0.3 is 15.0 Å². The largest absolute Gasteiger partial charge is 0.385 e. The zero-order valence-corrected chi connectivity index (χ0v) is 11.6. The summed E-state index contributed by atoms with van der Waals surface area (Å²) < 4.78 is 5.08. The minimum absolute atomic E-state index is 0.0225. The third-order valence-electron chi connectivity index (χ3n) is 2.64. The number of nitrogens with one attached hydrogen (secondary N) is 1. The Morgan fingerprint density at radius 2 is 1.94 bits per heavy atom. The number of nitrogens with zero attached hydrogens (tertiary/aromatic N) is 1. The summed E-state index contributed by atoms with van der Waals surface area (Å²) in [5.41, 5.74) is 1.73. The van der Waals surface area contributed by atoms with Crippen LogP contribution in [0.2, 0.25) is 0 Å². The van der Waals surface area contributed by atoms with Crippen molar-refractivity contribution < 1.29 is 9.53 Å². The highest BCUT2D eigenvalue weighted by Gasteiger charge is 2.07. The van der Waals surface area contributed by atoms with E-state index in [4.69, 9.17) is 4.74 Å². The van der Waals surface area contributed by atoms with Crippen LogP contribution in [0.3, 0.4) is 0 Å². The minimum atomic E-state index is 0.0225. The maximum absolute atomic E-state index is 11.7. The number of ether oxygens (including phenoxy) is 1. The van der Waals surface area contributed by atoms with Gasteiger partial charge in [-0.3, -0.25) is 4.79 Å². The maximum Gasteiger partial charge on any atom is 0.253 e. The summed E-state index contributed by atoms with van der Waals surface area (Å²) in [5, 5.41) is 3.32. The van der Waals surface area contributed by atoms with Gasteiger partial charge in [-0.25, -0.2) is 0 Å². The average molecular weight is 250 g/mol. The number of carbonyl (C=O) groups is 1. The first-order valence-electron chi connectivity index (χ1n) is 6.09. The van der Waals surface area contributed by atoms with Gasteiger partial charge in [0.1, 0.15) is 0 Å². The van der Waals surface area contributed by atoms with Crippen LogP contribution in [-0.2, 0) is 4.74 Å². The molecule has 0 fully saturated rings. The fraction of sp³-hybridized carbons (Fsp3) is 0.500. The summed E-state index contributed by atoms with van der Waals surface area (Å²) in [6, 6.07) is 7.53. The second kappa shape index (κ2) is 7.01. The van der Waals surface area contributed by atoms with Crippen molar-refractivity contribution in [1.82, 2.24) is 4.90 Å². The lowest BCUT2D eigenvalue weighted by Gasteiger charge is -2.13. The van der Waals surface area contributed by atoms with Gasteiger partial charge in [-0.15, -0.1) is 0 Å². The van der Waals surface area contributed by atoms with Crippen LogP contribution in [0.4, 0.5) is 5.69 Å². The van der Waals surface area contributed by atoms with Gasteiger partial charge in [0.15, 0.2) is 0 Å². The molecule has 1 N–H and O–H groups in total. The summed E-state index contributed by atoms with van der Waals surface area (Å²) in [6.45, 7) is 3.72. The summed E-state index contributed by atoms with van der Waals surface area (Å²) in [6.07, 6.45) is 0. The van der Waals surface area contributed by atoms with E-state index in [0.717, 1.165) is 18.8 Å². The molecule has 0 aliphatic carbocycles. The molecular weight excluding hydrogens is 228 g/mol. The van der Waals surface area contributed by atoms with Gasteiger partial charge in [-0.2, -0.15) is 0 Å². The van der Waals surface area contributed by atoms with E-state index in [9.17, 15) is 4.79 Å². The molecule has 1 unspecified atom stereocenters. The normalized spacial score (nSPS) is 12.0. The number of rotatable bonds is 6. The quantitative estimate of drug-likeness (QED) is 0.840. The van der Waals surface area contributed by atoms with Crippen LogP contribution in [0.25, 0.3) is 0 Å². The van der Waals surface area contributed by atoms with Crippen molar-refractivity contribution in [1.29, 1.82) is 0 Å². The van der Waals surface area contributed by atoms with Gasteiger partial charge in [-0.05, 0) is 30.2 Å². The number of carbonyl (C=O) groups excluding carboxylic acids is 1. The van der Waals surface area contributed by atoms with Gasteiger partial charge >= 0.3 is 0 Å². The average Bonchev–Trinajstić information content (AvgIpc) is 2.36. The van der Waals surface area contributed by atoms with Crippen LogP contribution >= 0.6 is 0 Å². The molecule has 100 valence electrons. The molecule has 0 bridgehead atoms. The Bertz CT molecular complexity index is 374. The van der Waals surface area contributed by atoms with E-state index in [1.54, 1.807) is 26.1 Å². The molecular formula is C14H22N2O2. The van der Waals surface area contributed by atoms with E-state index in [-0.39, 0.29) is 5.91 Å². The third-order valence-corrected chi connectivity index (χ3v) is 2.64. The predicted octanol–water partition coefficient (Wildman–Crippen LogP) is 2.08. The molecule has 0 aliphatic rings. The van der Waals surface area contributed by atoms with E-state index in [1.807, 2.05) is 24.3 Å². The number of hydrogen-bond donors (Lipinski definition) is 1. The van der Waals surface area contributed by atoms with E-state index in [2.05, 4.69) is 12.2 Å². The molecule has 0 spiro atoms. The third kappa shape index (κ3) is 4.37. The van der Waals surface area contributed by atoms with E-state index >= 15 is 0 Å². The van der Waals surface area contributed by atoms with E-state index < -0.39 is 0 Å². The summed E-state index contributed by atoms with van der Waals surface area (Å²) in [5.74, 6) is 0.479. The van der Waals surface area contributed by atoms with Crippen molar-refractivity contribution in [2.24, 2.45) is 5.92 Å². The molecule has 0 aromatic heterocycles. The molecule has 4 heteroatoms. The second-order valence-electron chi connectivity index (χ2n) is 4.72. The van der Waals surface area contributed by atoms with Gasteiger partial charge in [0, 0.05) is 39.0 Å². The highest BCUT2D eigenvalue weighted by atomic mass is 16.5. The van der Waals surface area contributed by atoms with Crippen molar-refractivity contribution in [2.45, 2.75) is 6.92 Å². The molecule has 1 rings (SSSR count). The SMILES string of the molecule is COCC(C)CNc1ccc(C(=O)N(C)C)cc1. The van der Waals surface area contributed by atoms with Gasteiger partial charge in [0.25, 0.3) is 5.91 Å². The number of benzene rings is 1. The van der Waals surface area contributed by atoms with Crippen LogP contribution in [0.1, 0.15) is 17.3 Å². The smallest absolute Gasteiger partial charge is 0.253 e. The van der Waals surface area contributed by atoms with Crippen LogP contribution in [0.15, 0.2) is 24.3 Å². The predicted molar refractivity (Wildman–Crippen MR) is 74.0 cm³/mol. The van der Waals surface area contributed by atoms with Crippen molar-refractivity contribution in [2.75, 3.05) is 39.7 Å². The first-order valence-corrected chi connectivity index (χ1v) is 6.09. The molecule has 0 heterocycles. The lowest BCUT2D eigenvalue weighted by atomic mass is 10.1. The molecule has 18 heavy (non-hydrogen) atoms. The van der Waals surface area contributed by atoms with E-state index in [0.29, 0.717) is 11.5 Å². The minimum Gasteiger partial charge on any atom is -0.385 e. The zero-order chi connectivity index (χ0) is 13.5. The van der Waals surface area contributed by atoms with Crippen molar-refractivity contribution in [3.63, 3.8) is 0 Å². The van der Waals surface area contributed by atoms with Crippen molar-refractivity contribution >= 4 is 11.6 Å². The Balaban J connectivity index is 2.53. The molecule has 1 aromatic carbocycles. The summed E-state index contributed by atoms with van der Waals surface area (Å²) >= 11 is 0. The monoisotopic (exact) mass is 250 g/mol. The van der Waals surface area contributed by atoms with Gasteiger partial charge in [0.2, 0.25) is 0 Å². The van der Waals surface area contributed by atoms with Crippen LogP contribution in [0, 0.1) is 5.92 Å². The lowest BCUT2D eigenvalue weighted by Crippen LogP contribution is -2.21. The van der Waals surface area contributed by atoms with Gasteiger partial charge in [0.05, 0.1) is 6.61 Å². The fourth-order valence-corrected chi connectivity index (χ4v) is 1.62. The van der Waals surface area contributed by atoms with Crippen molar-refractivity contribution in [3.8, 4) is 0 Å². The Morgan fingerprint density at radius 1 is 1.33 bits per heavy atom. The number of amides is 1. The molecule has 1 amide bonds. The van der Waals surface area contributed by atoms with Crippen LogP contribution < -0.4 is 5.32 Å². The van der Waals surface area contributed by atoms with Gasteiger partial charge in [-0.1, -0.05) is 6.92 Å². The zero-order valence-electron chi connectivity index (χ0n) is 11.6. The molecule has 4 nitrogen and oxygen atoms in total. The van der Waals surface area contributed by atoms with Crippen LogP contribution in [-0.4, -0.2) is 45.2 Å².